The molecule has 1 N–H and O–H groups in total. The summed E-state index contributed by atoms with van der Waals surface area (Å²) in [7, 11) is 1.67. The van der Waals surface area contributed by atoms with E-state index in [4.69, 9.17) is 4.74 Å². The maximum atomic E-state index is 10.5. The highest BCUT2D eigenvalue weighted by atomic mass is 16.5. The fourth-order valence-electron chi connectivity index (χ4n) is 1.34. The lowest BCUT2D eigenvalue weighted by molar-refractivity contribution is 0.124. The van der Waals surface area contributed by atoms with Crippen molar-refractivity contribution in [1.29, 1.82) is 0 Å². The van der Waals surface area contributed by atoms with Crippen LogP contribution in [-0.2, 0) is 9.53 Å². The predicted molar refractivity (Wildman–Crippen MR) is 45.8 cm³/mol. The van der Waals surface area contributed by atoms with E-state index >= 15 is 0 Å². The first-order chi connectivity index (χ1) is 5.88. The summed E-state index contributed by atoms with van der Waals surface area (Å²) in [5.74, 6) is 0. The first-order valence-electron chi connectivity index (χ1n) is 4.20. The van der Waals surface area contributed by atoms with E-state index in [2.05, 4.69) is 10.2 Å². The quantitative estimate of drug-likeness (QED) is 0.590. The third-order valence-electron chi connectivity index (χ3n) is 2.07. The lowest BCUT2D eigenvalue weighted by atomic mass is 10.2. The molecule has 1 rings (SSSR count). The monoisotopic (exact) mass is 171 g/mol. The van der Waals surface area contributed by atoms with Gasteiger partial charge in [-0.15, -0.1) is 0 Å². The van der Waals surface area contributed by atoms with Crippen LogP contribution in [0.3, 0.4) is 0 Å². The van der Waals surface area contributed by atoms with Gasteiger partial charge in [0.15, 0.2) is 0 Å². The van der Waals surface area contributed by atoms with Gasteiger partial charge in [0.2, 0.25) is 6.29 Å². The summed E-state index contributed by atoms with van der Waals surface area (Å²) in [6.07, 6.45) is 2.02. The largest absolute Gasteiger partial charge is 0.383 e. The second-order valence-corrected chi connectivity index (χ2v) is 2.87. The van der Waals surface area contributed by atoms with E-state index in [0.29, 0.717) is 13.2 Å². The van der Waals surface area contributed by atoms with Gasteiger partial charge in [-0.25, -0.2) is 0 Å². The molecule has 0 aromatic carbocycles. The Labute approximate surface area is 72.9 Å². The van der Waals surface area contributed by atoms with Crippen LogP contribution in [0.5, 0.6) is 0 Å². The molecule has 0 bridgehead atoms. The Kier molecular flexibility index (Phi) is 4.21. The highest BCUT2D eigenvalue weighted by Gasteiger charge is 2.21. The predicted octanol–water partition coefficient (Wildman–Crippen LogP) is -0.984. The topological polar surface area (TPSA) is 41.6 Å². The van der Waals surface area contributed by atoms with Crippen molar-refractivity contribution in [2.45, 2.75) is 6.04 Å². The van der Waals surface area contributed by atoms with Crippen molar-refractivity contribution in [2.24, 2.45) is 0 Å². The van der Waals surface area contributed by atoms with Crippen LogP contribution >= 0.6 is 0 Å². The standard InChI is InChI=1S/C8H15N2O2/c1-12-5-4-10-3-2-9-6-8(10)7-11/h8-9H,2-6H2,1H3. The SMILES string of the molecule is COCCN1CCNCC1[C]=O. The molecule has 1 saturated heterocycles. The minimum Gasteiger partial charge on any atom is -0.383 e. The Morgan fingerprint density at radius 1 is 1.75 bits per heavy atom. The zero-order valence-corrected chi connectivity index (χ0v) is 7.38. The Morgan fingerprint density at radius 3 is 3.25 bits per heavy atom. The van der Waals surface area contributed by atoms with Crippen LogP contribution in [0.1, 0.15) is 0 Å². The van der Waals surface area contributed by atoms with E-state index in [1.807, 2.05) is 6.29 Å². The molecule has 12 heavy (non-hydrogen) atoms. The molecule has 0 saturated carbocycles. The van der Waals surface area contributed by atoms with Gasteiger partial charge in [-0.3, -0.25) is 9.69 Å². The van der Waals surface area contributed by atoms with Crippen LogP contribution < -0.4 is 5.32 Å². The van der Waals surface area contributed by atoms with E-state index < -0.39 is 0 Å². The molecule has 1 atom stereocenters. The molecular weight excluding hydrogens is 156 g/mol. The molecule has 1 radical (unpaired) electrons. The number of hydrogen-bond donors (Lipinski definition) is 1. The Balaban J connectivity index is 2.31. The summed E-state index contributed by atoms with van der Waals surface area (Å²) >= 11 is 0. The molecule has 0 aliphatic carbocycles. The number of piperazine rings is 1. The summed E-state index contributed by atoms with van der Waals surface area (Å²) in [5, 5.41) is 3.15. The van der Waals surface area contributed by atoms with Crippen LogP contribution in [0.2, 0.25) is 0 Å². The highest BCUT2D eigenvalue weighted by Crippen LogP contribution is 1.99. The number of carbonyl (C=O) groups excluding carboxylic acids is 1. The third kappa shape index (κ3) is 2.55. The summed E-state index contributed by atoms with van der Waals surface area (Å²) < 4.78 is 4.95. The van der Waals surface area contributed by atoms with Crippen LogP contribution in [-0.4, -0.2) is 57.1 Å². The molecule has 0 aromatic rings. The van der Waals surface area contributed by atoms with Crippen molar-refractivity contribution in [3.05, 3.63) is 0 Å². The molecular formula is C8H15N2O2. The van der Waals surface area contributed by atoms with Gasteiger partial charge in [0.25, 0.3) is 0 Å². The van der Waals surface area contributed by atoms with Crippen LogP contribution in [0.15, 0.2) is 0 Å². The molecule has 0 spiro atoms. The van der Waals surface area contributed by atoms with Crippen molar-refractivity contribution >= 4 is 6.29 Å². The van der Waals surface area contributed by atoms with Gasteiger partial charge < -0.3 is 10.1 Å². The average molecular weight is 171 g/mol. The second-order valence-electron chi connectivity index (χ2n) is 2.87. The van der Waals surface area contributed by atoms with Gasteiger partial charge in [-0.05, 0) is 0 Å². The molecule has 0 amide bonds. The smallest absolute Gasteiger partial charge is 0.218 e. The van der Waals surface area contributed by atoms with Gasteiger partial charge >= 0.3 is 0 Å². The molecule has 1 unspecified atom stereocenters. The molecule has 1 aliphatic rings. The summed E-state index contributed by atoms with van der Waals surface area (Å²) in [6.45, 7) is 4.06. The fourth-order valence-corrected chi connectivity index (χ4v) is 1.34. The van der Waals surface area contributed by atoms with E-state index in [9.17, 15) is 4.79 Å². The van der Waals surface area contributed by atoms with Crippen molar-refractivity contribution < 1.29 is 9.53 Å². The normalized spacial score (nSPS) is 25.6. The van der Waals surface area contributed by atoms with Crippen molar-refractivity contribution in [3.63, 3.8) is 0 Å². The summed E-state index contributed by atoms with van der Waals surface area (Å²) in [5.41, 5.74) is 0. The zero-order valence-electron chi connectivity index (χ0n) is 7.38. The minimum atomic E-state index is -0.0890. The zero-order chi connectivity index (χ0) is 8.81. The number of rotatable bonds is 4. The number of nitrogens with zero attached hydrogens (tertiary/aromatic N) is 1. The maximum Gasteiger partial charge on any atom is 0.218 e. The minimum absolute atomic E-state index is 0.0890. The Hall–Kier alpha value is -0.450. The van der Waals surface area contributed by atoms with Gasteiger partial charge in [0.1, 0.15) is 0 Å². The van der Waals surface area contributed by atoms with E-state index in [1.54, 1.807) is 7.11 Å². The Bertz CT molecular complexity index is 141. The van der Waals surface area contributed by atoms with E-state index in [-0.39, 0.29) is 6.04 Å². The molecule has 1 aliphatic heterocycles. The summed E-state index contributed by atoms with van der Waals surface area (Å²) in [6, 6.07) is -0.0890. The molecule has 69 valence electrons. The van der Waals surface area contributed by atoms with Gasteiger partial charge in [-0.2, -0.15) is 0 Å². The molecule has 1 fully saturated rings. The fraction of sp³-hybridized carbons (Fsp3) is 0.875. The van der Waals surface area contributed by atoms with Gasteiger partial charge in [0.05, 0.1) is 12.6 Å². The first-order valence-corrected chi connectivity index (χ1v) is 4.20. The van der Waals surface area contributed by atoms with E-state index in [0.717, 1.165) is 19.6 Å². The van der Waals surface area contributed by atoms with Crippen molar-refractivity contribution in [2.75, 3.05) is 39.9 Å². The van der Waals surface area contributed by atoms with Crippen LogP contribution in [0, 0.1) is 0 Å². The van der Waals surface area contributed by atoms with Crippen molar-refractivity contribution in [1.82, 2.24) is 10.2 Å². The van der Waals surface area contributed by atoms with Gasteiger partial charge in [0, 0.05) is 33.3 Å². The number of ether oxygens (including phenoxy) is 1. The first kappa shape index (κ1) is 9.64. The third-order valence-corrected chi connectivity index (χ3v) is 2.07. The molecule has 4 heteroatoms. The maximum absolute atomic E-state index is 10.5. The summed E-state index contributed by atoms with van der Waals surface area (Å²) in [4.78, 5) is 12.6. The average Bonchev–Trinajstić information content (AvgIpc) is 2.15. The van der Waals surface area contributed by atoms with Crippen molar-refractivity contribution in [3.8, 4) is 0 Å². The lowest BCUT2D eigenvalue weighted by Gasteiger charge is -2.31. The number of nitrogens with one attached hydrogen (secondary N) is 1. The molecule has 1 heterocycles. The van der Waals surface area contributed by atoms with Gasteiger partial charge in [-0.1, -0.05) is 0 Å². The van der Waals surface area contributed by atoms with Crippen LogP contribution in [0.25, 0.3) is 0 Å². The van der Waals surface area contributed by atoms with Crippen LogP contribution in [0.4, 0.5) is 0 Å². The number of methoxy groups -OCH3 is 1. The molecule has 0 aromatic heterocycles. The van der Waals surface area contributed by atoms with E-state index in [1.165, 1.54) is 0 Å². The highest BCUT2D eigenvalue weighted by molar-refractivity contribution is 5.59. The lowest BCUT2D eigenvalue weighted by Crippen LogP contribution is -2.52. The second kappa shape index (κ2) is 5.24. The number of hydrogen-bond acceptors (Lipinski definition) is 4. The molecule has 4 nitrogen and oxygen atoms in total. The Morgan fingerprint density at radius 2 is 2.58 bits per heavy atom.